The van der Waals surface area contributed by atoms with Crippen LogP contribution in [0.3, 0.4) is 0 Å². The van der Waals surface area contributed by atoms with E-state index in [0.717, 1.165) is 11.1 Å². The predicted octanol–water partition coefficient (Wildman–Crippen LogP) is 3.63. The van der Waals surface area contributed by atoms with Crippen LogP contribution >= 0.6 is 0 Å². The molecule has 0 atom stereocenters. The lowest BCUT2D eigenvalue weighted by molar-refractivity contribution is 0.832. The van der Waals surface area contributed by atoms with Crippen LogP contribution in [-0.4, -0.2) is 0 Å². The van der Waals surface area contributed by atoms with E-state index in [9.17, 15) is 5.73 Å². The third-order valence-electron chi connectivity index (χ3n) is 2.34. The van der Waals surface area contributed by atoms with Gasteiger partial charge >= 0.3 is 0 Å². The van der Waals surface area contributed by atoms with Crippen LogP contribution in [0.1, 0.15) is 50.7 Å². The van der Waals surface area contributed by atoms with Crippen molar-refractivity contribution in [2.45, 2.75) is 39.5 Å². The normalized spacial score (nSPS) is 11.2. The molecule has 0 aliphatic heterocycles. The number of rotatable bonds is 2. The second-order valence-electron chi connectivity index (χ2n) is 4.09. The van der Waals surface area contributed by atoms with Crippen LogP contribution in [0.15, 0.2) is 18.2 Å². The van der Waals surface area contributed by atoms with Gasteiger partial charge in [0.25, 0.3) is 0 Å². The predicted molar refractivity (Wildman–Crippen MR) is 56.4 cm³/mol. The first-order chi connectivity index (χ1) is 6.04. The molecular formula is C12H17N. The van der Waals surface area contributed by atoms with Crippen molar-refractivity contribution in [3.05, 3.63) is 29.3 Å². The maximum absolute atomic E-state index is 9.93. The van der Waals surface area contributed by atoms with E-state index >= 15 is 0 Å². The molecule has 0 fully saturated rings. The van der Waals surface area contributed by atoms with Gasteiger partial charge in [-0.05, 0) is 23.0 Å². The van der Waals surface area contributed by atoms with Crippen LogP contribution in [-0.2, 0) is 0 Å². The molecule has 0 heterocycles. The van der Waals surface area contributed by atoms with Crippen LogP contribution in [0, 0.1) is 0 Å². The van der Waals surface area contributed by atoms with Gasteiger partial charge in [-0.15, -0.1) is 5.73 Å². The molecule has 70 valence electrons. The van der Waals surface area contributed by atoms with E-state index in [2.05, 4.69) is 27.7 Å². The Bertz CT molecular complexity index is 261. The summed E-state index contributed by atoms with van der Waals surface area (Å²) in [5.41, 5.74) is 12.5. The molecule has 13 heavy (non-hydrogen) atoms. The summed E-state index contributed by atoms with van der Waals surface area (Å²) in [6, 6.07) is 6.00. The Labute approximate surface area is 81.0 Å². The molecule has 1 aromatic carbocycles. The zero-order chi connectivity index (χ0) is 10.0. The quantitative estimate of drug-likeness (QED) is 0.655. The van der Waals surface area contributed by atoms with Gasteiger partial charge in [-0.25, -0.2) is 0 Å². The minimum Gasteiger partial charge on any atom is -0.150 e. The third-order valence-corrected chi connectivity index (χ3v) is 2.34. The minimum atomic E-state index is 0.388. The zero-order valence-electron chi connectivity index (χ0n) is 8.83. The first-order valence-corrected chi connectivity index (χ1v) is 4.85. The summed E-state index contributed by atoms with van der Waals surface area (Å²) < 4.78 is 0. The van der Waals surface area contributed by atoms with Crippen LogP contribution in [0.2, 0.25) is 0 Å². The summed E-state index contributed by atoms with van der Waals surface area (Å²) in [4.78, 5) is 0. The summed E-state index contributed by atoms with van der Waals surface area (Å²) in [6.45, 7) is 8.39. The molecule has 0 aliphatic carbocycles. The maximum atomic E-state index is 9.93. The SMILES string of the molecule is CC(C)c1cccc(C(C)C)c1[N]. The highest BCUT2D eigenvalue weighted by molar-refractivity contribution is 5.53. The molecule has 0 aromatic heterocycles. The Balaban J connectivity index is 3.18. The molecule has 1 aromatic rings. The Morgan fingerprint density at radius 3 is 1.62 bits per heavy atom. The van der Waals surface area contributed by atoms with Gasteiger partial charge in [-0.2, -0.15) is 0 Å². The summed E-state index contributed by atoms with van der Waals surface area (Å²) in [5.74, 6) is 0.775. The number of hydrogen-bond donors (Lipinski definition) is 0. The lowest BCUT2D eigenvalue weighted by Crippen LogP contribution is -1.96. The molecule has 2 radical (unpaired) electrons. The molecule has 0 saturated heterocycles. The highest BCUT2D eigenvalue weighted by Gasteiger charge is 2.11. The van der Waals surface area contributed by atoms with Gasteiger partial charge < -0.3 is 0 Å². The van der Waals surface area contributed by atoms with E-state index in [1.165, 1.54) is 0 Å². The van der Waals surface area contributed by atoms with Crippen LogP contribution in [0.4, 0.5) is 5.69 Å². The summed E-state index contributed by atoms with van der Waals surface area (Å²) in [7, 11) is 0. The van der Waals surface area contributed by atoms with Crippen molar-refractivity contribution in [3.8, 4) is 0 Å². The van der Waals surface area contributed by atoms with E-state index in [4.69, 9.17) is 0 Å². The lowest BCUT2D eigenvalue weighted by atomic mass is 9.93. The van der Waals surface area contributed by atoms with Crippen molar-refractivity contribution in [1.29, 1.82) is 0 Å². The molecule has 0 bridgehead atoms. The Kier molecular flexibility index (Phi) is 2.97. The molecular weight excluding hydrogens is 158 g/mol. The monoisotopic (exact) mass is 175 g/mol. The fourth-order valence-corrected chi connectivity index (χ4v) is 1.51. The second-order valence-corrected chi connectivity index (χ2v) is 4.09. The van der Waals surface area contributed by atoms with Crippen molar-refractivity contribution >= 4 is 5.69 Å². The van der Waals surface area contributed by atoms with Crippen molar-refractivity contribution < 1.29 is 0 Å². The first-order valence-electron chi connectivity index (χ1n) is 4.85. The van der Waals surface area contributed by atoms with Gasteiger partial charge in [0.15, 0.2) is 0 Å². The molecule has 0 N–H and O–H groups in total. The fraction of sp³-hybridized carbons (Fsp3) is 0.500. The van der Waals surface area contributed by atoms with Gasteiger partial charge in [-0.3, -0.25) is 0 Å². The average Bonchev–Trinajstić information content (AvgIpc) is 2.03. The minimum absolute atomic E-state index is 0.388. The summed E-state index contributed by atoms with van der Waals surface area (Å²) in [6.07, 6.45) is 0. The van der Waals surface area contributed by atoms with E-state index in [1.807, 2.05) is 18.2 Å². The van der Waals surface area contributed by atoms with Crippen molar-refractivity contribution in [3.63, 3.8) is 0 Å². The Morgan fingerprint density at radius 2 is 1.31 bits per heavy atom. The fourth-order valence-electron chi connectivity index (χ4n) is 1.51. The van der Waals surface area contributed by atoms with Crippen LogP contribution in [0.25, 0.3) is 0 Å². The second kappa shape index (κ2) is 3.82. The topological polar surface area (TPSA) is 22.3 Å². The van der Waals surface area contributed by atoms with Crippen molar-refractivity contribution in [1.82, 2.24) is 5.73 Å². The van der Waals surface area contributed by atoms with E-state index < -0.39 is 0 Å². The molecule has 1 rings (SSSR count). The largest absolute Gasteiger partial charge is 0.150 e. The molecule has 0 amide bonds. The standard InChI is InChI=1S/C12H17N/c1-8(2)10-6-5-7-11(9(3)4)12(10)13/h5-9H,1-4H3. The highest BCUT2D eigenvalue weighted by atomic mass is 14.6. The number of benzene rings is 1. The molecule has 0 aliphatic rings. The highest BCUT2D eigenvalue weighted by Crippen LogP contribution is 2.30. The van der Waals surface area contributed by atoms with Gasteiger partial charge in [-0.1, -0.05) is 45.9 Å². The molecule has 0 spiro atoms. The van der Waals surface area contributed by atoms with E-state index in [0.29, 0.717) is 17.5 Å². The van der Waals surface area contributed by atoms with E-state index in [1.54, 1.807) is 0 Å². The third kappa shape index (κ3) is 2.03. The van der Waals surface area contributed by atoms with Gasteiger partial charge in [0.1, 0.15) is 0 Å². The summed E-state index contributed by atoms with van der Waals surface area (Å²) >= 11 is 0. The van der Waals surface area contributed by atoms with Gasteiger partial charge in [0, 0.05) is 0 Å². The zero-order valence-corrected chi connectivity index (χ0v) is 8.83. The average molecular weight is 175 g/mol. The molecule has 0 saturated carbocycles. The first kappa shape index (κ1) is 10.1. The molecule has 1 heteroatoms. The van der Waals surface area contributed by atoms with Crippen LogP contribution < -0.4 is 5.73 Å². The van der Waals surface area contributed by atoms with Gasteiger partial charge in [0.05, 0.1) is 5.69 Å². The maximum Gasteiger partial charge on any atom is 0.0926 e. The van der Waals surface area contributed by atoms with Crippen molar-refractivity contribution in [2.75, 3.05) is 0 Å². The smallest absolute Gasteiger partial charge is 0.0926 e. The Hall–Kier alpha value is -0.980. The molecule has 0 unspecified atom stereocenters. The van der Waals surface area contributed by atoms with Crippen LogP contribution in [0.5, 0.6) is 0 Å². The summed E-state index contributed by atoms with van der Waals surface area (Å²) in [5, 5.41) is 0. The lowest BCUT2D eigenvalue weighted by Gasteiger charge is -2.13. The molecule has 1 nitrogen and oxygen atoms in total. The number of hydrogen-bond acceptors (Lipinski definition) is 0. The van der Waals surface area contributed by atoms with E-state index in [-0.39, 0.29) is 0 Å². The van der Waals surface area contributed by atoms with Gasteiger partial charge in [0.2, 0.25) is 0 Å². The number of nitrogens with zero attached hydrogens (tertiary/aromatic N) is 1. The Morgan fingerprint density at radius 1 is 0.923 bits per heavy atom. The van der Waals surface area contributed by atoms with Crippen molar-refractivity contribution in [2.24, 2.45) is 0 Å².